The molecule has 2 rings (SSSR count). The maximum Gasteiger partial charge on any atom is 0.189 e. The minimum Gasteiger partial charge on any atom is -0.362 e. The molecule has 0 aliphatic heterocycles. The lowest BCUT2D eigenvalue weighted by atomic mass is 9.96. The first-order valence-electron chi connectivity index (χ1n) is 6.94. The molecule has 1 aliphatic carbocycles. The Labute approximate surface area is 115 Å². The second-order valence-electron chi connectivity index (χ2n) is 5.23. The molecule has 0 saturated carbocycles. The van der Waals surface area contributed by atoms with Gasteiger partial charge in [0.15, 0.2) is 5.79 Å². The largest absolute Gasteiger partial charge is 0.362 e. The van der Waals surface area contributed by atoms with Crippen molar-refractivity contribution in [2.24, 2.45) is 5.92 Å². The number of benzene rings is 1. The summed E-state index contributed by atoms with van der Waals surface area (Å²) in [4.78, 5) is 0. The summed E-state index contributed by atoms with van der Waals surface area (Å²) in [7, 11) is 0. The number of rotatable bonds is 5. The van der Waals surface area contributed by atoms with Gasteiger partial charge in [0.05, 0.1) is 6.61 Å². The normalized spacial score (nSPS) is 24.1. The van der Waals surface area contributed by atoms with Crippen molar-refractivity contribution in [1.29, 1.82) is 0 Å². The van der Waals surface area contributed by atoms with Crippen LogP contribution in [0.15, 0.2) is 48.6 Å². The quantitative estimate of drug-likeness (QED) is 0.814. The molecule has 1 aliphatic rings. The first-order chi connectivity index (χ1) is 9.13. The topological polar surface area (TPSA) is 29.5 Å². The van der Waals surface area contributed by atoms with E-state index in [2.05, 4.69) is 26.0 Å². The fourth-order valence-electron chi connectivity index (χ4n) is 1.97. The van der Waals surface area contributed by atoms with Gasteiger partial charge in [-0.15, -0.1) is 0 Å². The summed E-state index contributed by atoms with van der Waals surface area (Å²) in [6.45, 7) is 4.84. The Morgan fingerprint density at radius 2 is 2.05 bits per heavy atom. The molecule has 1 aromatic rings. The van der Waals surface area contributed by atoms with Gasteiger partial charge in [-0.3, -0.25) is 0 Å². The van der Waals surface area contributed by atoms with Crippen molar-refractivity contribution in [3.8, 4) is 0 Å². The maximum atomic E-state index is 10.3. The minimum absolute atomic E-state index is 0.469. The molecule has 0 amide bonds. The van der Waals surface area contributed by atoms with Crippen molar-refractivity contribution in [1.82, 2.24) is 0 Å². The molecule has 0 fully saturated rings. The van der Waals surface area contributed by atoms with E-state index in [4.69, 9.17) is 4.74 Å². The monoisotopic (exact) mass is 258 g/mol. The number of allylic oxidation sites excluding steroid dienone is 2. The van der Waals surface area contributed by atoms with Gasteiger partial charge in [-0.2, -0.15) is 0 Å². The van der Waals surface area contributed by atoms with Crippen LogP contribution in [0.3, 0.4) is 0 Å². The zero-order valence-corrected chi connectivity index (χ0v) is 11.7. The lowest BCUT2D eigenvalue weighted by Gasteiger charge is -2.28. The molecular weight excluding hydrogens is 236 g/mol. The summed E-state index contributed by atoms with van der Waals surface area (Å²) in [6.07, 6.45) is 7.30. The van der Waals surface area contributed by atoms with Crippen molar-refractivity contribution in [3.05, 3.63) is 54.1 Å². The van der Waals surface area contributed by atoms with Crippen LogP contribution in [0.1, 0.15) is 32.3 Å². The Bertz CT molecular complexity index is 461. The van der Waals surface area contributed by atoms with Crippen molar-refractivity contribution >= 4 is 5.57 Å². The summed E-state index contributed by atoms with van der Waals surface area (Å²) >= 11 is 0. The molecule has 0 spiro atoms. The van der Waals surface area contributed by atoms with Crippen LogP contribution in [-0.4, -0.2) is 17.5 Å². The molecule has 0 aromatic heterocycles. The third-order valence-corrected chi connectivity index (χ3v) is 3.56. The molecule has 0 radical (unpaired) electrons. The lowest BCUT2D eigenvalue weighted by Crippen LogP contribution is -2.32. The van der Waals surface area contributed by atoms with Crippen LogP contribution in [0, 0.1) is 5.92 Å². The first-order valence-corrected chi connectivity index (χ1v) is 6.94. The highest BCUT2D eigenvalue weighted by molar-refractivity contribution is 5.75. The highest BCUT2D eigenvalue weighted by atomic mass is 16.6. The second kappa shape index (κ2) is 6.18. The zero-order valence-electron chi connectivity index (χ0n) is 11.7. The van der Waals surface area contributed by atoms with Gasteiger partial charge < -0.3 is 9.84 Å². The highest BCUT2D eigenvalue weighted by Gasteiger charge is 2.26. The predicted molar refractivity (Wildman–Crippen MR) is 78.5 cm³/mol. The number of aliphatic hydroxyl groups is 1. The molecule has 2 nitrogen and oxygen atoms in total. The Hall–Kier alpha value is -1.38. The van der Waals surface area contributed by atoms with Gasteiger partial charge in [0, 0.05) is 6.42 Å². The van der Waals surface area contributed by atoms with Gasteiger partial charge >= 0.3 is 0 Å². The molecule has 0 heterocycles. The van der Waals surface area contributed by atoms with Gasteiger partial charge in [-0.1, -0.05) is 62.8 Å². The Morgan fingerprint density at radius 3 is 2.63 bits per heavy atom. The Morgan fingerprint density at radius 1 is 1.32 bits per heavy atom. The molecule has 1 N–H and O–H groups in total. The van der Waals surface area contributed by atoms with E-state index in [1.807, 2.05) is 30.4 Å². The molecule has 0 saturated heterocycles. The summed E-state index contributed by atoms with van der Waals surface area (Å²) in [5, 5.41) is 10.3. The number of hydrogen-bond donors (Lipinski definition) is 1. The van der Waals surface area contributed by atoms with Gasteiger partial charge in [0.1, 0.15) is 0 Å². The smallest absolute Gasteiger partial charge is 0.189 e. The van der Waals surface area contributed by atoms with Gasteiger partial charge in [-0.25, -0.2) is 0 Å². The van der Waals surface area contributed by atoms with Crippen molar-refractivity contribution in [2.45, 2.75) is 32.5 Å². The molecule has 2 unspecified atom stereocenters. The van der Waals surface area contributed by atoms with Crippen LogP contribution in [0.25, 0.3) is 5.57 Å². The summed E-state index contributed by atoms with van der Waals surface area (Å²) in [6, 6.07) is 10.2. The average molecular weight is 258 g/mol. The van der Waals surface area contributed by atoms with E-state index in [9.17, 15) is 5.11 Å². The predicted octanol–water partition coefficient (Wildman–Crippen LogP) is 3.78. The van der Waals surface area contributed by atoms with Crippen LogP contribution >= 0.6 is 0 Å². The lowest BCUT2D eigenvalue weighted by molar-refractivity contribution is -0.171. The molecule has 0 bridgehead atoms. The van der Waals surface area contributed by atoms with Crippen LogP contribution in [0.2, 0.25) is 0 Å². The van der Waals surface area contributed by atoms with E-state index < -0.39 is 5.79 Å². The summed E-state index contributed by atoms with van der Waals surface area (Å²) in [5.41, 5.74) is 2.31. The summed E-state index contributed by atoms with van der Waals surface area (Å²) < 4.78 is 5.63. The molecular formula is C17H22O2. The molecule has 2 heteroatoms. The van der Waals surface area contributed by atoms with Crippen LogP contribution in [0.5, 0.6) is 0 Å². The maximum absolute atomic E-state index is 10.3. The third-order valence-electron chi connectivity index (χ3n) is 3.56. The Balaban J connectivity index is 1.98. The molecule has 102 valence electrons. The van der Waals surface area contributed by atoms with Gasteiger partial charge in [-0.05, 0) is 23.1 Å². The van der Waals surface area contributed by atoms with E-state index in [-0.39, 0.29) is 0 Å². The van der Waals surface area contributed by atoms with E-state index >= 15 is 0 Å². The standard InChI is InChI=1S/C17H22O2/c1-3-14(2)13-19-17(18)11-9-16(10-12-17)15-7-5-4-6-8-15/h4-11,14,18H,3,12-13H2,1-2H3. The SMILES string of the molecule is CCC(C)COC1(O)C=CC(c2ccccc2)=CC1. The number of hydrogen-bond acceptors (Lipinski definition) is 2. The summed E-state index contributed by atoms with van der Waals surface area (Å²) in [5.74, 6) is -0.668. The fourth-order valence-corrected chi connectivity index (χ4v) is 1.97. The van der Waals surface area contributed by atoms with Crippen molar-refractivity contribution in [3.63, 3.8) is 0 Å². The van der Waals surface area contributed by atoms with E-state index in [1.54, 1.807) is 6.08 Å². The number of ether oxygens (including phenoxy) is 1. The van der Waals surface area contributed by atoms with Crippen LogP contribution in [0.4, 0.5) is 0 Å². The van der Waals surface area contributed by atoms with E-state index in [1.165, 1.54) is 5.56 Å². The van der Waals surface area contributed by atoms with Crippen LogP contribution < -0.4 is 0 Å². The van der Waals surface area contributed by atoms with Crippen molar-refractivity contribution < 1.29 is 9.84 Å². The second-order valence-corrected chi connectivity index (χ2v) is 5.23. The van der Waals surface area contributed by atoms with E-state index in [0.717, 1.165) is 12.0 Å². The van der Waals surface area contributed by atoms with Crippen LogP contribution in [-0.2, 0) is 4.74 Å². The first kappa shape index (κ1) is 14.0. The van der Waals surface area contributed by atoms with Gasteiger partial charge in [0.2, 0.25) is 0 Å². The zero-order chi connectivity index (χ0) is 13.7. The molecule has 1 aromatic carbocycles. The third kappa shape index (κ3) is 3.79. The van der Waals surface area contributed by atoms with E-state index in [0.29, 0.717) is 18.9 Å². The minimum atomic E-state index is -1.14. The van der Waals surface area contributed by atoms with Crippen molar-refractivity contribution in [2.75, 3.05) is 6.61 Å². The fraction of sp³-hybridized carbons (Fsp3) is 0.412. The average Bonchev–Trinajstić information content (AvgIpc) is 2.46. The molecule has 19 heavy (non-hydrogen) atoms. The highest BCUT2D eigenvalue weighted by Crippen LogP contribution is 2.28. The Kier molecular flexibility index (Phi) is 4.56. The molecule has 2 atom stereocenters. The van der Waals surface area contributed by atoms with Gasteiger partial charge in [0.25, 0.3) is 0 Å².